The average molecular weight is 432 g/mol. The fraction of sp³-hybridized carbons (Fsp3) is 0.952. The second-order valence-corrected chi connectivity index (χ2v) is 10.4. The van der Waals surface area contributed by atoms with Crippen molar-refractivity contribution in [2.75, 3.05) is 64.8 Å². The van der Waals surface area contributed by atoms with Crippen molar-refractivity contribution in [3.63, 3.8) is 0 Å². The third-order valence-electron chi connectivity index (χ3n) is 5.97. The van der Waals surface area contributed by atoms with Crippen LogP contribution in [-0.4, -0.2) is 93.2 Å². The van der Waals surface area contributed by atoms with Crippen LogP contribution in [-0.2, 0) is 19.6 Å². The summed E-state index contributed by atoms with van der Waals surface area (Å²) in [6.07, 6.45) is 6.70. The van der Waals surface area contributed by atoms with Crippen LogP contribution in [0.15, 0.2) is 0 Å². The summed E-state index contributed by atoms with van der Waals surface area (Å²) >= 11 is 0. The molecule has 0 aliphatic carbocycles. The Morgan fingerprint density at radius 3 is 2.48 bits per heavy atom. The number of carbonyl (C=O) groups excluding carboxylic acids is 1. The molecule has 0 spiro atoms. The second kappa shape index (κ2) is 12.9. The van der Waals surface area contributed by atoms with Gasteiger partial charge in [0.2, 0.25) is 15.9 Å². The number of amides is 1. The van der Waals surface area contributed by atoms with E-state index in [-0.39, 0.29) is 17.6 Å². The minimum Gasteiger partial charge on any atom is -0.379 e. The van der Waals surface area contributed by atoms with E-state index < -0.39 is 10.0 Å². The van der Waals surface area contributed by atoms with Crippen LogP contribution in [0.4, 0.5) is 0 Å². The van der Waals surface area contributed by atoms with Crippen LogP contribution in [0.25, 0.3) is 0 Å². The van der Waals surface area contributed by atoms with Crippen molar-refractivity contribution in [3.8, 4) is 0 Å². The van der Waals surface area contributed by atoms with E-state index in [1.165, 1.54) is 12.8 Å². The Hall–Kier alpha value is -0.700. The first kappa shape index (κ1) is 24.6. The summed E-state index contributed by atoms with van der Waals surface area (Å²) in [4.78, 5) is 17.7. The third-order valence-corrected chi connectivity index (χ3v) is 8.01. The normalized spacial score (nSPS) is 21.9. The van der Waals surface area contributed by atoms with Crippen molar-refractivity contribution >= 4 is 15.9 Å². The van der Waals surface area contributed by atoms with E-state index >= 15 is 0 Å². The van der Waals surface area contributed by atoms with Gasteiger partial charge in [-0.25, -0.2) is 12.7 Å². The van der Waals surface area contributed by atoms with Gasteiger partial charge in [-0.2, -0.15) is 0 Å². The zero-order chi connectivity index (χ0) is 21.1. The standard InChI is InChI=1S/C21H41N3O4S/c1-3-5-6-7-10-23(13-12-22-14-16-28-17-15-22)21(25)20-9-8-11-24(19-20)29(26,27)18-4-2/h20H,3-19H2,1-2H3. The Morgan fingerprint density at radius 2 is 1.79 bits per heavy atom. The molecule has 170 valence electrons. The fourth-order valence-corrected chi connectivity index (χ4v) is 5.78. The zero-order valence-corrected chi connectivity index (χ0v) is 19.3. The number of hydrogen-bond acceptors (Lipinski definition) is 5. The number of unbranched alkanes of at least 4 members (excludes halogenated alkanes) is 3. The molecule has 0 aromatic heterocycles. The van der Waals surface area contributed by atoms with Crippen molar-refractivity contribution in [1.29, 1.82) is 0 Å². The molecule has 0 saturated carbocycles. The summed E-state index contributed by atoms with van der Waals surface area (Å²) < 4.78 is 31.9. The molecule has 2 heterocycles. The highest BCUT2D eigenvalue weighted by Gasteiger charge is 2.33. The Balaban J connectivity index is 1.96. The first-order valence-electron chi connectivity index (χ1n) is 11.5. The molecule has 2 aliphatic rings. The van der Waals surface area contributed by atoms with Gasteiger partial charge in [0, 0.05) is 45.8 Å². The lowest BCUT2D eigenvalue weighted by molar-refractivity contribution is -0.137. The Labute approximate surface area is 177 Å². The third kappa shape index (κ3) is 8.15. The molecule has 0 N–H and O–H groups in total. The quantitative estimate of drug-likeness (QED) is 0.443. The Morgan fingerprint density at radius 1 is 1.03 bits per heavy atom. The molecule has 2 rings (SSSR count). The van der Waals surface area contributed by atoms with Gasteiger partial charge in [0.15, 0.2) is 0 Å². The fourth-order valence-electron chi connectivity index (χ4n) is 4.19. The van der Waals surface area contributed by atoms with Gasteiger partial charge in [0.25, 0.3) is 0 Å². The van der Waals surface area contributed by atoms with E-state index in [2.05, 4.69) is 11.8 Å². The van der Waals surface area contributed by atoms with E-state index in [4.69, 9.17) is 4.74 Å². The van der Waals surface area contributed by atoms with Crippen LogP contribution in [0.3, 0.4) is 0 Å². The number of nitrogens with zero attached hydrogens (tertiary/aromatic N) is 3. The van der Waals surface area contributed by atoms with Gasteiger partial charge < -0.3 is 9.64 Å². The summed E-state index contributed by atoms with van der Waals surface area (Å²) in [6.45, 7) is 10.7. The van der Waals surface area contributed by atoms with Gasteiger partial charge in [-0.05, 0) is 25.7 Å². The van der Waals surface area contributed by atoms with E-state index in [0.717, 1.165) is 71.6 Å². The molecular weight excluding hydrogens is 390 g/mol. The molecule has 8 heteroatoms. The van der Waals surface area contributed by atoms with E-state index in [9.17, 15) is 13.2 Å². The molecule has 29 heavy (non-hydrogen) atoms. The largest absolute Gasteiger partial charge is 0.379 e. The number of hydrogen-bond donors (Lipinski definition) is 0. The van der Waals surface area contributed by atoms with Crippen molar-refractivity contribution in [2.24, 2.45) is 5.92 Å². The van der Waals surface area contributed by atoms with Crippen LogP contribution in [0, 0.1) is 5.92 Å². The van der Waals surface area contributed by atoms with Gasteiger partial charge >= 0.3 is 0 Å². The Bertz CT molecular complexity index is 578. The topological polar surface area (TPSA) is 70.2 Å². The Kier molecular flexibility index (Phi) is 10.9. The maximum atomic E-state index is 13.3. The van der Waals surface area contributed by atoms with E-state index in [1.54, 1.807) is 4.31 Å². The number of sulfonamides is 1. The number of ether oxygens (including phenoxy) is 1. The zero-order valence-electron chi connectivity index (χ0n) is 18.5. The summed E-state index contributed by atoms with van der Waals surface area (Å²) in [7, 11) is -3.24. The SMILES string of the molecule is CCCCCCN(CCN1CCOCC1)C(=O)C1CCCN(S(=O)(=O)CCC)C1. The molecule has 2 saturated heterocycles. The highest BCUT2D eigenvalue weighted by molar-refractivity contribution is 7.89. The average Bonchev–Trinajstić information content (AvgIpc) is 2.73. The molecule has 0 aromatic rings. The maximum absolute atomic E-state index is 13.3. The summed E-state index contributed by atoms with van der Waals surface area (Å²) in [5.41, 5.74) is 0. The van der Waals surface area contributed by atoms with Gasteiger partial charge in [-0.15, -0.1) is 0 Å². The first-order valence-corrected chi connectivity index (χ1v) is 13.2. The van der Waals surface area contributed by atoms with Gasteiger partial charge in [0.05, 0.1) is 24.9 Å². The number of morpholine rings is 1. The van der Waals surface area contributed by atoms with Crippen molar-refractivity contribution in [3.05, 3.63) is 0 Å². The molecule has 0 bridgehead atoms. The van der Waals surface area contributed by atoms with Crippen molar-refractivity contribution in [1.82, 2.24) is 14.1 Å². The summed E-state index contributed by atoms with van der Waals surface area (Å²) in [5.74, 6) is 0.114. The van der Waals surface area contributed by atoms with Crippen LogP contribution in [0.5, 0.6) is 0 Å². The van der Waals surface area contributed by atoms with E-state index in [0.29, 0.717) is 19.5 Å². The molecule has 7 nitrogen and oxygen atoms in total. The minimum atomic E-state index is -3.24. The van der Waals surface area contributed by atoms with E-state index in [1.807, 2.05) is 11.8 Å². The number of rotatable bonds is 12. The van der Waals surface area contributed by atoms with Gasteiger partial charge in [0.1, 0.15) is 0 Å². The van der Waals surface area contributed by atoms with Crippen LogP contribution in [0.2, 0.25) is 0 Å². The molecule has 0 aromatic carbocycles. The molecule has 1 unspecified atom stereocenters. The summed E-state index contributed by atoms with van der Waals surface area (Å²) in [5, 5.41) is 0. The lowest BCUT2D eigenvalue weighted by atomic mass is 9.98. The van der Waals surface area contributed by atoms with Crippen LogP contribution < -0.4 is 0 Å². The van der Waals surface area contributed by atoms with Gasteiger partial charge in [-0.3, -0.25) is 9.69 Å². The number of piperidine rings is 1. The lowest BCUT2D eigenvalue weighted by Gasteiger charge is -2.35. The van der Waals surface area contributed by atoms with Gasteiger partial charge in [-0.1, -0.05) is 33.1 Å². The lowest BCUT2D eigenvalue weighted by Crippen LogP contribution is -2.49. The molecule has 1 atom stereocenters. The molecular formula is C21H41N3O4S. The smallest absolute Gasteiger partial charge is 0.227 e. The van der Waals surface area contributed by atoms with Crippen molar-refractivity contribution < 1.29 is 17.9 Å². The highest BCUT2D eigenvalue weighted by Crippen LogP contribution is 2.22. The summed E-state index contributed by atoms with van der Waals surface area (Å²) in [6, 6.07) is 0. The molecule has 2 aliphatic heterocycles. The first-order chi connectivity index (χ1) is 14.0. The van der Waals surface area contributed by atoms with Crippen molar-refractivity contribution in [2.45, 2.75) is 58.8 Å². The second-order valence-electron chi connectivity index (χ2n) is 8.35. The highest BCUT2D eigenvalue weighted by atomic mass is 32.2. The maximum Gasteiger partial charge on any atom is 0.227 e. The monoisotopic (exact) mass is 431 g/mol. The molecule has 1 amide bonds. The molecule has 2 fully saturated rings. The predicted octanol–water partition coefficient (Wildman–Crippen LogP) is 2.18. The van der Waals surface area contributed by atoms with Crippen LogP contribution in [0.1, 0.15) is 58.8 Å². The molecule has 0 radical (unpaired) electrons. The number of carbonyl (C=O) groups is 1. The minimum absolute atomic E-state index is 0.145. The predicted molar refractivity (Wildman–Crippen MR) is 116 cm³/mol. The van der Waals surface area contributed by atoms with Crippen LogP contribution >= 0.6 is 0 Å².